The molecule has 0 spiro atoms. The highest BCUT2D eigenvalue weighted by molar-refractivity contribution is 5.36. The van der Waals surface area contributed by atoms with Crippen molar-refractivity contribution in [3.63, 3.8) is 0 Å². The van der Waals surface area contributed by atoms with Crippen LogP contribution in [0.2, 0.25) is 0 Å². The van der Waals surface area contributed by atoms with E-state index in [-0.39, 0.29) is 0 Å². The lowest BCUT2D eigenvalue weighted by molar-refractivity contribution is 0.288. The first-order valence-corrected chi connectivity index (χ1v) is 11.9. The van der Waals surface area contributed by atoms with Gasteiger partial charge in [-0.2, -0.15) is 0 Å². The Morgan fingerprint density at radius 3 is 1.85 bits per heavy atom. The van der Waals surface area contributed by atoms with E-state index in [0.29, 0.717) is 5.41 Å². The van der Waals surface area contributed by atoms with Crippen LogP contribution < -0.4 is 0 Å². The van der Waals surface area contributed by atoms with Crippen LogP contribution in [0.15, 0.2) is 24.3 Å². The Hall–Kier alpha value is -0.780. The number of fused-ring (bicyclic) bond motifs is 1. The van der Waals surface area contributed by atoms with Gasteiger partial charge in [0.15, 0.2) is 0 Å². The molecule has 0 amide bonds. The Morgan fingerprint density at radius 1 is 0.692 bits per heavy atom. The van der Waals surface area contributed by atoms with Gasteiger partial charge in [0, 0.05) is 0 Å². The second kappa shape index (κ2) is 12.6. The zero-order valence-electron chi connectivity index (χ0n) is 17.8. The Labute approximate surface area is 164 Å². The normalized spacial score (nSPS) is 15.8. The van der Waals surface area contributed by atoms with Crippen molar-refractivity contribution < 1.29 is 0 Å². The summed E-state index contributed by atoms with van der Waals surface area (Å²) >= 11 is 0. The summed E-state index contributed by atoms with van der Waals surface area (Å²) in [6.45, 7) is 4.63. The van der Waals surface area contributed by atoms with Gasteiger partial charge in [0.2, 0.25) is 0 Å². The average Bonchev–Trinajstić information content (AvgIpc) is 2.68. The minimum absolute atomic E-state index is 0.504. The Bertz CT molecular complexity index is 457. The smallest absolute Gasteiger partial charge is 0.00441 e. The molecule has 1 aromatic rings. The quantitative estimate of drug-likeness (QED) is 0.292. The number of hydrogen-bond donors (Lipinski definition) is 0. The van der Waals surface area contributed by atoms with E-state index >= 15 is 0 Å². The molecule has 1 aliphatic carbocycles. The molecule has 26 heavy (non-hydrogen) atoms. The van der Waals surface area contributed by atoms with E-state index in [4.69, 9.17) is 0 Å². The molecular formula is C26H44. The predicted molar refractivity (Wildman–Crippen MR) is 117 cm³/mol. The molecule has 1 aliphatic rings. The van der Waals surface area contributed by atoms with E-state index in [1.165, 1.54) is 109 Å². The van der Waals surface area contributed by atoms with Gasteiger partial charge in [0.25, 0.3) is 0 Å². The van der Waals surface area contributed by atoms with Gasteiger partial charge < -0.3 is 0 Å². The zero-order chi connectivity index (χ0) is 18.5. The minimum atomic E-state index is 0.504. The van der Waals surface area contributed by atoms with Gasteiger partial charge in [-0.3, -0.25) is 0 Å². The van der Waals surface area contributed by atoms with E-state index in [1.807, 2.05) is 0 Å². The molecule has 0 saturated carbocycles. The lowest BCUT2D eigenvalue weighted by atomic mass is 9.64. The standard InChI is InChI=1S/C26H44/c1-3-5-7-9-11-15-21-26(22-16-12-10-8-6-4-2)23-17-19-24-18-13-14-20-25(24)26/h13-14,18,20H,3-12,15-17,19,21-23H2,1-2H3. The van der Waals surface area contributed by atoms with E-state index in [0.717, 1.165) is 0 Å². The number of unbranched alkanes of at least 4 members (excludes halogenated alkanes) is 10. The van der Waals surface area contributed by atoms with Gasteiger partial charge >= 0.3 is 0 Å². The predicted octanol–water partition coefficient (Wildman–Crippen LogP) is 8.76. The molecule has 0 aliphatic heterocycles. The fraction of sp³-hybridized carbons (Fsp3) is 0.769. The Kier molecular flexibility index (Phi) is 10.4. The van der Waals surface area contributed by atoms with E-state index in [1.54, 1.807) is 11.1 Å². The lowest BCUT2D eigenvalue weighted by Gasteiger charge is -2.40. The fourth-order valence-corrected chi connectivity index (χ4v) is 5.14. The van der Waals surface area contributed by atoms with Crippen molar-refractivity contribution in [1.29, 1.82) is 0 Å². The average molecular weight is 357 g/mol. The van der Waals surface area contributed by atoms with Gasteiger partial charge in [-0.15, -0.1) is 0 Å². The third kappa shape index (κ3) is 6.75. The summed E-state index contributed by atoms with van der Waals surface area (Å²) in [5.41, 5.74) is 3.90. The van der Waals surface area contributed by atoms with Gasteiger partial charge in [0.05, 0.1) is 0 Å². The number of benzene rings is 1. The highest BCUT2D eigenvalue weighted by Crippen LogP contribution is 2.45. The molecule has 0 aromatic heterocycles. The SMILES string of the molecule is CCCCCCCCC1(CCCCCCCC)CCCc2ccccc21. The van der Waals surface area contributed by atoms with Crippen LogP contribution in [0.4, 0.5) is 0 Å². The lowest BCUT2D eigenvalue weighted by Crippen LogP contribution is -2.31. The van der Waals surface area contributed by atoms with Crippen molar-refractivity contribution >= 4 is 0 Å². The van der Waals surface area contributed by atoms with E-state index in [9.17, 15) is 0 Å². The first-order chi connectivity index (χ1) is 12.8. The summed E-state index contributed by atoms with van der Waals surface area (Å²) in [7, 11) is 0. The number of aryl methyl sites for hydroxylation is 1. The topological polar surface area (TPSA) is 0 Å². The fourth-order valence-electron chi connectivity index (χ4n) is 5.14. The molecule has 0 bridgehead atoms. The first kappa shape index (κ1) is 21.5. The molecule has 2 rings (SSSR count). The van der Waals surface area contributed by atoms with Crippen LogP contribution in [0, 0.1) is 0 Å². The van der Waals surface area contributed by atoms with E-state index in [2.05, 4.69) is 38.1 Å². The largest absolute Gasteiger partial charge is 0.0654 e. The summed E-state index contributed by atoms with van der Waals surface area (Å²) in [5.74, 6) is 0. The van der Waals surface area contributed by atoms with Gasteiger partial charge in [-0.05, 0) is 48.6 Å². The van der Waals surface area contributed by atoms with Crippen molar-refractivity contribution in [3.05, 3.63) is 35.4 Å². The summed E-state index contributed by atoms with van der Waals surface area (Å²) < 4.78 is 0. The monoisotopic (exact) mass is 356 g/mol. The van der Waals surface area contributed by atoms with Crippen LogP contribution in [0.1, 0.15) is 128 Å². The summed E-state index contributed by atoms with van der Waals surface area (Å²) in [4.78, 5) is 0. The van der Waals surface area contributed by atoms with Crippen LogP contribution in [0.3, 0.4) is 0 Å². The molecule has 0 unspecified atom stereocenters. The molecule has 0 atom stereocenters. The summed E-state index contributed by atoms with van der Waals surface area (Å²) in [6, 6.07) is 9.43. The van der Waals surface area contributed by atoms with Gasteiger partial charge in [0.1, 0.15) is 0 Å². The van der Waals surface area contributed by atoms with Crippen molar-refractivity contribution in [2.75, 3.05) is 0 Å². The first-order valence-electron chi connectivity index (χ1n) is 11.9. The second-order valence-corrected chi connectivity index (χ2v) is 8.83. The van der Waals surface area contributed by atoms with Crippen LogP contribution in [0.5, 0.6) is 0 Å². The summed E-state index contributed by atoms with van der Waals surface area (Å²) in [6.07, 6.45) is 24.1. The highest BCUT2D eigenvalue weighted by Gasteiger charge is 2.35. The van der Waals surface area contributed by atoms with Crippen LogP contribution in [-0.2, 0) is 11.8 Å². The molecule has 1 aromatic carbocycles. The third-order valence-corrected chi connectivity index (χ3v) is 6.71. The minimum Gasteiger partial charge on any atom is -0.0654 e. The zero-order valence-corrected chi connectivity index (χ0v) is 17.8. The van der Waals surface area contributed by atoms with Crippen LogP contribution >= 0.6 is 0 Å². The molecule has 0 nitrogen and oxygen atoms in total. The number of rotatable bonds is 14. The highest BCUT2D eigenvalue weighted by atomic mass is 14.4. The molecule has 0 heteroatoms. The van der Waals surface area contributed by atoms with Crippen LogP contribution in [0.25, 0.3) is 0 Å². The van der Waals surface area contributed by atoms with Gasteiger partial charge in [-0.25, -0.2) is 0 Å². The Balaban J connectivity index is 1.91. The van der Waals surface area contributed by atoms with Crippen molar-refractivity contribution in [1.82, 2.24) is 0 Å². The molecule has 0 radical (unpaired) electrons. The molecule has 0 heterocycles. The Morgan fingerprint density at radius 2 is 1.23 bits per heavy atom. The molecular weight excluding hydrogens is 312 g/mol. The third-order valence-electron chi connectivity index (χ3n) is 6.71. The maximum Gasteiger partial charge on any atom is -0.00441 e. The maximum atomic E-state index is 2.47. The van der Waals surface area contributed by atoms with Crippen molar-refractivity contribution in [2.24, 2.45) is 0 Å². The number of hydrogen-bond acceptors (Lipinski definition) is 0. The summed E-state index contributed by atoms with van der Waals surface area (Å²) in [5, 5.41) is 0. The van der Waals surface area contributed by atoms with Crippen LogP contribution in [-0.4, -0.2) is 0 Å². The van der Waals surface area contributed by atoms with Crippen molar-refractivity contribution in [2.45, 2.75) is 128 Å². The van der Waals surface area contributed by atoms with E-state index < -0.39 is 0 Å². The second-order valence-electron chi connectivity index (χ2n) is 8.83. The van der Waals surface area contributed by atoms with Gasteiger partial charge in [-0.1, -0.05) is 115 Å². The molecule has 148 valence electrons. The van der Waals surface area contributed by atoms with Crippen molar-refractivity contribution in [3.8, 4) is 0 Å². The maximum absolute atomic E-state index is 2.47. The molecule has 0 saturated heterocycles. The molecule has 0 N–H and O–H groups in total. The molecule has 0 fully saturated rings.